The zero-order valence-electron chi connectivity index (χ0n) is 74.2. The molecule has 4 nitrogen and oxygen atoms in total. The van der Waals surface area contributed by atoms with Gasteiger partial charge in [-0.25, -0.2) is 0 Å². The maximum absolute atomic E-state index is 13.9. The van der Waals surface area contributed by atoms with Gasteiger partial charge in [0.25, 0.3) is 0 Å². The SMILES string of the molecule is COc1ccc(-c2cc3c4cc5cc(C(C)C)ccc5cc4n4c5cc6ccc(C(C)CCC(C)c7ccc8cc9c(cc8c7)c7cc(-c8ccc(Sc%10ccccc%10)cc8)cc8c%10cc%11cc(C(C)CCC(C)c%12ccc%13cc%14c(cc%13c%12)c%12cc(-c%13ccc(C(F)(F)F)cc%13)cc%13c%15cc%16cc(C(C)C)ccc%16cc%15n%14c%13%12)ccc%11cc%10n9c78)cc6cc5c(c2)c34)cc1. The molecule has 0 radical (unpaired) electrons. The van der Waals surface area contributed by atoms with E-state index in [1.54, 1.807) is 31.0 Å². The quantitative estimate of drug-likeness (QED) is 0.0854. The molecule has 0 saturated heterocycles. The average Bonchev–Trinajstić information content (AvgIpc) is 1.54. The number of alkyl halides is 3. The van der Waals surface area contributed by atoms with Crippen molar-refractivity contribution in [2.75, 3.05) is 7.11 Å². The van der Waals surface area contributed by atoms with Crippen molar-refractivity contribution < 1.29 is 17.9 Å². The molecule has 0 aliphatic rings. The van der Waals surface area contributed by atoms with Crippen LogP contribution in [0.4, 0.5) is 13.2 Å². The average molecular weight is 1710 g/mol. The van der Waals surface area contributed by atoms with Crippen LogP contribution in [0, 0.1) is 0 Å². The van der Waals surface area contributed by atoms with Crippen LogP contribution in [-0.4, -0.2) is 20.3 Å². The zero-order valence-corrected chi connectivity index (χ0v) is 75.0. The van der Waals surface area contributed by atoms with Gasteiger partial charge in [-0.1, -0.05) is 231 Å². The molecule has 0 spiro atoms. The van der Waals surface area contributed by atoms with Gasteiger partial charge in [-0.3, -0.25) is 0 Å². The fourth-order valence-corrected chi connectivity index (χ4v) is 23.1. The second-order valence-corrected chi connectivity index (χ2v) is 39.6. The first-order valence-corrected chi connectivity index (χ1v) is 47.1. The maximum Gasteiger partial charge on any atom is 0.416 e. The Balaban J connectivity index is 0.514. The van der Waals surface area contributed by atoms with Gasteiger partial charge in [0.1, 0.15) is 5.75 Å². The summed E-state index contributed by atoms with van der Waals surface area (Å²) in [5.74, 6) is 3.01. The molecule has 0 N–H and O–H groups in total. The van der Waals surface area contributed by atoms with E-state index in [-0.39, 0.29) is 0 Å². The van der Waals surface area contributed by atoms with Gasteiger partial charge in [-0.2, -0.15) is 13.2 Å². The number of halogens is 3. The molecule has 4 unspecified atom stereocenters. The minimum absolute atomic E-state index is 0.298. The van der Waals surface area contributed by atoms with Gasteiger partial charge in [0.15, 0.2) is 0 Å². The van der Waals surface area contributed by atoms with Crippen molar-refractivity contribution in [1.29, 1.82) is 0 Å². The first kappa shape index (κ1) is 78.3. The fraction of sp³-hybridized carbons (Fsp3) is 0.164. The normalized spacial score (nSPS) is 13.7. The molecule has 630 valence electrons. The van der Waals surface area contributed by atoms with Gasteiger partial charge >= 0.3 is 6.18 Å². The highest BCUT2D eigenvalue weighted by Gasteiger charge is 2.32. The number of nitrogens with zero attached hydrogens (tertiary/aromatic N) is 3. The zero-order chi connectivity index (χ0) is 87.7. The number of fused-ring (bicyclic) bond motifs is 24. The lowest BCUT2D eigenvalue weighted by Crippen LogP contribution is -2.03. The van der Waals surface area contributed by atoms with Gasteiger partial charge < -0.3 is 17.9 Å². The molecule has 0 aliphatic carbocycles. The molecule has 0 aliphatic heterocycles. The standard InChI is InChI=1S/C122H94F3N3OS/c1-67(2)76-19-25-82-61-113-101(49-88(82)43-76)107-55-94(73-31-37-97(38-32-73)122(123,124)125)56-108-103-51-90-45-78(21-27-84(90)63-115(103)126(113)119(107)108)69(5)15-17-71(7)80-23-29-86-65-117-105(53-92(86)47-80)111-59-96(75-35-41-100(42-36-75)130-99-13-11-10-12-14-99)60-112-106-54-93-48-81(24-30-87(93)66-118(106)128(117)121(111)112)72(8)18-16-70(6)79-22-28-85-64-116-104(52-91(85)46-79)110-58-95(74-33-39-98(129-9)40-34-74)57-109-102-50-89-44-77(68(3)4)20-26-83(89)62-114(102)127(116)120(109)110/h10-14,19-72H,15-18H2,1-9H3. The summed E-state index contributed by atoms with van der Waals surface area (Å²) in [4.78, 5) is 2.44. The summed E-state index contributed by atoms with van der Waals surface area (Å²) in [7, 11) is 1.73. The number of methoxy groups -OCH3 is 1. The molecular formula is C122H94F3N3OS. The van der Waals surface area contributed by atoms with E-state index in [1.165, 1.54) is 218 Å². The number of hydrogen-bond donors (Lipinski definition) is 0. The molecule has 19 aromatic carbocycles. The highest BCUT2D eigenvalue weighted by Crippen LogP contribution is 2.51. The summed E-state index contributed by atoms with van der Waals surface area (Å²) < 4.78 is 55.0. The number of rotatable bonds is 18. The van der Waals surface area contributed by atoms with E-state index in [1.807, 2.05) is 0 Å². The molecule has 8 heteroatoms. The van der Waals surface area contributed by atoms with Crippen LogP contribution in [0.5, 0.6) is 5.75 Å². The van der Waals surface area contributed by atoms with Gasteiger partial charge in [0.05, 0.1) is 62.3 Å². The van der Waals surface area contributed by atoms with Crippen LogP contribution < -0.4 is 4.74 Å². The van der Waals surface area contributed by atoms with Crippen molar-refractivity contribution in [3.05, 3.63) is 360 Å². The summed E-state index contributed by atoms with van der Waals surface area (Å²) in [6, 6.07) is 120. The number of benzene rings is 19. The second kappa shape index (κ2) is 29.6. The first-order chi connectivity index (χ1) is 63.2. The Bertz CT molecular complexity index is 8890. The van der Waals surface area contributed by atoms with E-state index >= 15 is 0 Å². The van der Waals surface area contributed by atoms with E-state index in [9.17, 15) is 13.2 Å². The largest absolute Gasteiger partial charge is 0.497 e. The van der Waals surface area contributed by atoms with E-state index < -0.39 is 11.7 Å². The molecule has 0 bridgehead atoms. The molecule has 130 heavy (non-hydrogen) atoms. The third kappa shape index (κ3) is 12.6. The van der Waals surface area contributed by atoms with Crippen LogP contribution in [0.3, 0.4) is 0 Å². The Morgan fingerprint density at radius 3 is 0.769 bits per heavy atom. The minimum atomic E-state index is -4.42. The monoisotopic (exact) mass is 1710 g/mol. The van der Waals surface area contributed by atoms with Crippen LogP contribution in [0.2, 0.25) is 0 Å². The van der Waals surface area contributed by atoms with Crippen molar-refractivity contribution in [3.8, 4) is 39.1 Å². The van der Waals surface area contributed by atoms with Crippen LogP contribution in [0.25, 0.3) is 212 Å². The predicted molar refractivity (Wildman–Crippen MR) is 547 cm³/mol. The summed E-state index contributed by atoms with van der Waals surface area (Å²) in [5.41, 5.74) is 24.7. The Morgan fingerprint density at radius 1 is 0.246 bits per heavy atom. The predicted octanol–water partition coefficient (Wildman–Crippen LogP) is 35.9. The Labute approximate surface area is 755 Å². The molecule has 25 rings (SSSR count). The third-order valence-corrected chi connectivity index (χ3v) is 30.9. The van der Waals surface area contributed by atoms with Crippen molar-refractivity contribution >= 4 is 191 Å². The Morgan fingerprint density at radius 2 is 0.500 bits per heavy atom. The Kier molecular flexibility index (Phi) is 17.8. The summed E-state index contributed by atoms with van der Waals surface area (Å²) in [6.45, 7) is 18.6. The van der Waals surface area contributed by atoms with Crippen LogP contribution in [0.15, 0.2) is 331 Å². The van der Waals surface area contributed by atoms with E-state index in [4.69, 9.17) is 4.74 Å². The fourth-order valence-electron chi connectivity index (χ4n) is 22.3. The minimum Gasteiger partial charge on any atom is -0.497 e. The van der Waals surface area contributed by atoms with Gasteiger partial charge in [-0.05, 0) is 350 Å². The number of hydrogen-bond acceptors (Lipinski definition) is 2. The highest BCUT2D eigenvalue weighted by molar-refractivity contribution is 7.99. The highest BCUT2D eigenvalue weighted by atomic mass is 32.2. The van der Waals surface area contributed by atoms with Crippen LogP contribution in [-0.2, 0) is 6.18 Å². The summed E-state index contributed by atoms with van der Waals surface area (Å²) in [6.07, 6.45) is -0.250. The van der Waals surface area contributed by atoms with Crippen LogP contribution in [0.1, 0.15) is 156 Å². The number of aromatic nitrogens is 3. The van der Waals surface area contributed by atoms with Gasteiger partial charge in [0, 0.05) is 74.4 Å². The van der Waals surface area contributed by atoms with Crippen LogP contribution >= 0.6 is 11.8 Å². The molecule has 4 atom stereocenters. The van der Waals surface area contributed by atoms with E-state index in [2.05, 4.69) is 366 Å². The molecule has 6 heterocycles. The lowest BCUT2D eigenvalue weighted by Gasteiger charge is -2.18. The second-order valence-electron chi connectivity index (χ2n) is 38.4. The van der Waals surface area contributed by atoms with Crippen molar-refractivity contribution in [1.82, 2.24) is 13.2 Å². The molecule has 0 amide bonds. The summed E-state index contributed by atoms with van der Waals surface area (Å²) >= 11 is 1.80. The molecule has 6 aromatic heterocycles. The van der Waals surface area contributed by atoms with E-state index in [0.29, 0.717) is 35.5 Å². The van der Waals surface area contributed by atoms with Gasteiger partial charge in [0.2, 0.25) is 0 Å². The third-order valence-electron chi connectivity index (χ3n) is 29.9. The molecular weight excluding hydrogens is 1610 g/mol. The Hall–Kier alpha value is -13.9. The van der Waals surface area contributed by atoms with E-state index in [0.717, 1.165) is 80.7 Å². The molecule has 0 saturated carbocycles. The molecule has 25 aromatic rings. The topological polar surface area (TPSA) is 22.5 Å². The van der Waals surface area contributed by atoms with Crippen molar-refractivity contribution in [2.45, 2.75) is 133 Å². The van der Waals surface area contributed by atoms with Gasteiger partial charge in [-0.15, -0.1) is 0 Å². The van der Waals surface area contributed by atoms with Crippen molar-refractivity contribution in [3.63, 3.8) is 0 Å². The lowest BCUT2D eigenvalue weighted by molar-refractivity contribution is -0.137. The number of ether oxygens (including phenoxy) is 1. The molecule has 0 fully saturated rings. The smallest absolute Gasteiger partial charge is 0.416 e. The summed E-state index contributed by atoms with van der Waals surface area (Å²) in [5, 5.41) is 29.5. The van der Waals surface area contributed by atoms with Crippen molar-refractivity contribution in [2.24, 2.45) is 0 Å². The first-order valence-electron chi connectivity index (χ1n) is 46.3. The lowest BCUT2D eigenvalue weighted by atomic mass is 9.87. The maximum atomic E-state index is 13.9.